The summed E-state index contributed by atoms with van der Waals surface area (Å²) in [5.41, 5.74) is 1.12. The van der Waals surface area contributed by atoms with Crippen molar-refractivity contribution in [1.29, 1.82) is 0 Å². The second kappa shape index (κ2) is 13.1. The van der Waals surface area contributed by atoms with E-state index in [4.69, 9.17) is 26.1 Å². The van der Waals surface area contributed by atoms with Crippen molar-refractivity contribution in [2.75, 3.05) is 46.5 Å². The molecule has 0 amide bonds. The third kappa shape index (κ3) is 7.82. The van der Waals surface area contributed by atoms with Gasteiger partial charge in [0.1, 0.15) is 0 Å². The Morgan fingerprint density at radius 2 is 1.90 bits per heavy atom. The number of ether oxygens (including phenoxy) is 2. The van der Waals surface area contributed by atoms with E-state index in [-0.39, 0.29) is 29.6 Å². The van der Waals surface area contributed by atoms with E-state index in [2.05, 4.69) is 34.6 Å². The number of hydrogen-bond acceptors (Lipinski definition) is 4. The van der Waals surface area contributed by atoms with Crippen LogP contribution < -0.4 is 10.6 Å². The van der Waals surface area contributed by atoms with Crippen LogP contribution in [0.15, 0.2) is 29.3 Å². The molecule has 2 fully saturated rings. The van der Waals surface area contributed by atoms with E-state index >= 15 is 0 Å². The molecule has 0 unspecified atom stereocenters. The van der Waals surface area contributed by atoms with Gasteiger partial charge in [-0.3, -0.25) is 9.89 Å². The summed E-state index contributed by atoms with van der Waals surface area (Å²) in [5, 5.41) is 7.83. The first-order chi connectivity index (χ1) is 14.1. The molecule has 2 N–H and O–H groups in total. The van der Waals surface area contributed by atoms with Gasteiger partial charge >= 0.3 is 0 Å². The molecule has 2 saturated heterocycles. The van der Waals surface area contributed by atoms with Crippen LogP contribution in [0.5, 0.6) is 0 Å². The number of piperidine rings is 1. The second-order valence-corrected chi connectivity index (χ2v) is 8.45. The lowest BCUT2D eigenvalue weighted by atomic mass is 9.94. The molecule has 6 nitrogen and oxygen atoms in total. The van der Waals surface area contributed by atoms with Crippen molar-refractivity contribution in [3.05, 3.63) is 34.9 Å². The summed E-state index contributed by atoms with van der Waals surface area (Å²) in [4.78, 5) is 7.36. The standard InChI is InChI=1S/C22H35ClN4O2.HI/c1-3-24-21(25-17-22(28-2)10-14-29-15-11-22)26-20-8-12-27(13-9-20)16-18-4-6-19(23)7-5-18;/h4-7,20H,3,8-17H2,1-2H3,(H2,24,25,26);1H. The monoisotopic (exact) mass is 550 g/mol. The van der Waals surface area contributed by atoms with E-state index in [0.717, 1.165) is 76.1 Å². The molecule has 0 saturated carbocycles. The molecule has 170 valence electrons. The summed E-state index contributed by atoms with van der Waals surface area (Å²) in [6.07, 6.45) is 4.02. The number of halogens is 2. The lowest BCUT2D eigenvalue weighted by Crippen LogP contribution is -2.49. The van der Waals surface area contributed by atoms with E-state index < -0.39 is 0 Å². The molecule has 1 aromatic rings. The molecular formula is C22H36ClIN4O2. The van der Waals surface area contributed by atoms with Gasteiger partial charge in [0.05, 0.1) is 12.1 Å². The van der Waals surface area contributed by atoms with E-state index in [0.29, 0.717) is 12.6 Å². The summed E-state index contributed by atoms with van der Waals surface area (Å²) in [6.45, 7) is 8.27. The Morgan fingerprint density at radius 1 is 1.23 bits per heavy atom. The smallest absolute Gasteiger partial charge is 0.191 e. The number of benzene rings is 1. The Bertz CT molecular complexity index is 645. The molecular weight excluding hydrogens is 515 g/mol. The summed E-state index contributed by atoms with van der Waals surface area (Å²) < 4.78 is 11.3. The van der Waals surface area contributed by atoms with Gasteiger partial charge in [-0.05, 0) is 37.5 Å². The van der Waals surface area contributed by atoms with Gasteiger partial charge < -0.3 is 20.1 Å². The molecule has 3 rings (SSSR count). The number of hydrogen-bond donors (Lipinski definition) is 2. The predicted molar refractivity (Wildman–Crippen MR) is 134 cm³/mol. The van der Waals surface area contributed by atoms with E-state index in [1.54, 1.807) is 7.11 Å². The zero-order valence-electron chi connectivity index (χ0n) is 18.2. The Hall–Kier alpha value is -0.610. The van der Waals surface area contributed by atoms with Gasteiger partial charge in [0.25, 0.3) is 0 Å². The number of nitrogens with zero attached hydrogens (tertiary/aromatic N) is 2. The maximum Gasteiger partial charge on any atom is 0.191 e. The minimum Gasteiger partial charge on any atom is -0.381 e. The first kappa shape index (κ1) is 25.6. The average Bonchev–Trinajstić information content (AvgIpc) is 2.76. The lowest BCUT2D eigenvalue weighted by molar-refractivity contribution is -0.0828. The average molecular weight is 551 g/mol. The highest BCUT2D eigenvalue weighted by molar-refractivity contribution is 14.0. The molecule has 30 heavy (non-hydrogen) atoms. The molecule has 0 atom stereocenters. The molecule has 1 aromatic carbocycles. The highest BCUT2D eigenvalue weighted by Gasteiger charge is 2.32. The van der Waals surface area contributed by atoms with Crippen molar-refractivity contribution in [1.82, 2.24) is 15.5 Å². The fourth-order valence-electron chi connectivity index (χ4n) is 3.99. The van der Waals surface area contributed by atoms with Gasteiger partial charge in [0.2, 0.25) is 0 Å². The van der Waals surface area contributed by atoms with Crippen LogP contribution in [-0.2, 0) is 16.0 Å². The van der Waals surface area contributed by atoms with Crippen molar-refractivity contribution in [3.63, 3.8) is 0 Å². The fourth-order valence-corrected chi connectivity index (χ4v) is 4.12. The largest absolute Gasteiger partial charge is 0.381 e. The molecule has 2 aliphatic rings. The van der Waals surface area contributed by atoms with Crippen molar-refractivity contribution < 1.29 is 9.47 Å². The molecule has 0 aliphatic carbocycles. The molecule has 2 heterocycles. The van der Waals surface area contributed by atoms with Gasteiger partial charge in [-0.15, -0.1) is 24.0 Å². The maximum atomic E-state index is 5.99. The fraction of sp³-hybridized carbons (Fsp3) is 0.682. The van der Waals surface area contributed by atoms with E-state index in [1.165, 1.54) is 5.56 Å². The molecule has 0 aromatic heterocycles. The van der Waals surface area contributed by atoms with Crippen molar-refractivity contribution in [3.8, 4) is 0 Å². The highest BCUT2D eigenvalue weighted by atomic mass is 127. The number of likely N-dealkylation sites (tertiary alicyclic amines) is 1. The van der Waals surface area contributed by atoms with Crippen LogP contribution in [0.3, 0.4) is 0 Å². The second-order valence-electron chi connectivity index (χ2n) is 8.02. The number of nitrogens with one attached hydrogen (secondary N) is 2. The van der Waals surface area contributed by atoms with Gasteiger partial charge in [-0.1, -0.05) is 23.7 Å². The SMILES string of the molecule is CCNC(=NCC1(OC)CCOCC1)NC1CCN(Cc2ccc(Cl)cc2)CC1.I. The summed E-state index contributed by atoms with van der Waals surface area (Å²) >= 11 is 5.99. The highest BCUT2D eigenvalue weighted by Crippen LogP contribution is 2.24. The van der Waals surface area contributed by atoms with Gasteiger partial charge in [0, 0.05) is 70.4 Å². The number of methoxy groups -OCH3 is 1. The number of aliphatic imine (C=N–C) groups is 1. The Labute approximate surface area is 203 Å². The topological polar surface area (TPSA) is 58.1 Å². The Morgan fingerprint density at radius 3 is 2.50 bits per heavy atom. The summed E-state index contributed by atoms with van der Waals surface area (Å²) in [6, 6.07) is 8.61. The van der Waals surface area contributed by atoms with Crippen molar-refractivity contribution >= 4 is 41.5 Å². The van der Waals surface area contributed by atoms with E-state index in [1.807, 2.05) is 12.1 Å². The van der Waals surface area contributed by atoms with Crippen LogP contribution >= 0.6 is 35.6 Å². The van der Waals surface area contributed by atoms with Gasteiger partial charge in [-0.2, -0.15) is 0 Å². The normalized spacial score (nSPS) is 20.4. The van der Waals surface area contributed by atoms with E-state index in [9.17, 15) is 0 Å². The van der Waals surface area contributed by atoms with Gasteiger partial charge in [0.15, 0.2) is 5.96 Å². The van der Waals surface area contributed by atoms with Crippen LogP contribution in [0.2, 0.25) is 5.02 Å². The molecule has 2 aliphatic heterocycles. The first-order valence-electron chi connectivity index (χ1n) is 10.8. The zero-order chi connectivity index (χ0) is 20.5. The van der Waals surface area contributed by atoms with Crippen LogP contribution in [0, 0.1) is 0 Å². The minimum absolute atomic E-state index is 0. The number of rotatable bonds is 7. The predicted octanol–water partition coefficient (Wildman–Crippen LogP) is 3.67. The maximum absolute atomic E-state index is 5.99. The van der Waals surface area contributed by atoms with Crippen molar-refractivity contribution in [2.24, 2.45) is 4.99 Å². The zero-order valence-corrected chi connectivity index (χ0v) is 21.2. The Balaban J connectivity index is 0.00000320. The molecule has 0 radical (unpaired) electrons. The first-order valence-corrected chi connectivity index (χ1v) is 11.1. The summed E-state index contributed by atoms with van der Waals surface area (Å²) in [5.74, 6) is 0.895. The third-order valence-electron chi connectivity index (χ3n) is 5.95. The minimum atomic E-state index is -0.192. The van der Waals surface area contributed by atoms with Crippen LogP contribution in [-0.4, -0.2) is 69.0 Å². The Kier molecular flexibility index (Phi) is 11.2. The van der Waals surface area contributed by atoms with Gasteiger partial charge in [-0.25, -0.2) is 0 Å². The van der Waals surface area contributed by atoms with Crippen LogP contribution in [0.4, 0.5) is 0 Å². The quantitative estimate of drug-likeness (QED) is 0.308. The van der Waals surface area contributed by atoms with Crippen molar-refractivity contribution in [2.45, 2.75) is 50.8 Å². The summed E-state index contributed by atoms with van der Waals surface area (Å²) in [7, 11) is 1.79. The third-order valence-corrected chi connectivity index (χ3v) is 6.21. The molecule has 8 heteroatoms. The molecule has 0 bridgehead atoms. The molecule has 0 spiro atoms. The lowest BCUT2D eigenvalue weighted by Gasteiger charge is -2.35. The number of guanidine groups is 1. The van der Waals surface area contributed by atoms with Crippen LogP contribution in [0.25, 0.3) is 0 Å². The van der Waals surface area contributed by atoms with Crippen LogP contribution in [0.1, 0.15) is 38.2 Å².